The molecule has 0 bridgehead atoms. The molecule has 0 radical (unpaired) electrons. The molecule has 0 aliphatic carbocycles. The Hall–Kier alpha value is -0.690. The summed E-state index contributed by atoms with van der Waals surface area (Å²) in [7, 11) is 0. The monoisotopic (exact) mass is 198 g/mol. The van der Waals surface area contributed by atoms with Gasteiger partial charge in [-0.1, -0.05) is 0 Å². The molecule has 1 aromatic heterocycles. The Morgan fingerprint density at radius 3 is 2.67 bits per heavy atom. The first-order chi connectivity index (χ1) is 5.50. The maximum atomic E-state index is 11.7. The van der Waals surface area contributed by atoms with Gasteiger partial charge in [0.1, 0.15) is 0 Å². The van der Waals surface area contributed by atoms with Crippen molar-refractivity contribution in [1.82, 2.24) is 8.75 Å². The molecule has 1 N–H and O–H groups in total. The quantitative estimate of drug-likeness (QED) is 0.771. The van der Waals surface area contributed by atoms with E-state index >= 15 is 0 Å². The predicted molar refractivity (Wildman–Crippen MR) is 35.7 cm³/mol. The number of aliphatic hydroxyl groups excluding tert-OH is 1. The van der Waals surface area contributed by atoms with E-state index < -0.39 is 18.7 Å². The van der Waals surface area contributed by atoms with Gasteiger partial charge in [-0.15, -0.1) is 0 Å². The van der Waals surface area contributed by atoms with Crippen LogP contribution in [0.1, 0.15) is 5.69 Å². The topological polar surface area (TPSA) is 46.0 Å². The van der Waals surface area contributed by atoms with E-state index in [-0.39, 0.29) is 5.69 Å². The Morgan fingerprint density at radius 1 is 1.58 bits per heavy atom. The van der Waals surface area contributed by atoms with Gasteiger partial charge in [0.05, 0.1) is 23.6 Å². The molecule has 0 spiro atoms. The van der Waals surface area contributed by atoms with Crippen molar-refractivity contribution in [1.29, 1.82) is 0 Å². The standard InChI is InChI=1S/C5H5F3N2OS/c6-5(7,8)4(11)1-3-2-9-12-10-3/h2,4,11H,1H2. The molecule has 0 fully saturated rings. The zero-order chi connectivity index (χ0) is 9.19. The van der Waals surface area contributed by atoms with Crippen LogP contribution in [0, 0.1) is 0 Å². The minimum atomic E-state index is -4.58. The minimum Gasteiger partial charge on any atom is -0.383 e. The predicted octanol–water partition coefficient (Wildman–Crippen LogP) is 1.00. The van der Waals surface area contributed by atoms with E-state index in [1.807, 2.05) is 0 Å². The Bertz CT molecular complexity index is 235. The minimum absolute atomic E-state index is 0.157. The fourth-order valence-electron chi connectivity index (χ4n) is 0.588. The smallest absolute Gasteiger partial charge is 0.383 e. The lowest BCUT2D eigenvalue weighted by Crippen LogP contribution is -2.30. The number of hydrogen-bond acceptors (Lipinski definition) is 4. The molecule has 1 aromatic rings. The molecule has 0 saturated carbocycles. The van der Waals surface area contributed by atoms with Crippen LogP contribution >= 0.6 is 11.7 Å². The second kappa shape index (κ2) is 3.36. The Kier molecular flexibility index (Phi) is 2.63. The van der Waals surface area contributed by atoms with Crippen LogP contribution in [-0.4, -0.2) is 26.1 Å². The number of nitrogens with zero attached hydrogens (tertiary/aromatic N) is 2. The molecule has 0 aliphatic heterocycles. The zero-order valence-corrected chi connectivity index (χ0v) is 6.56. The van der Waals surface area contributed by atoms with E-state index in [1.165, 1.54) is 6.20 Å². The van der Waals surface area contributed by atoms with E-state index in [0.29, 0.717) is 0 Å². The number of aliphatic hydroxyl groups is 1. The summed E-state index contributed by atoms with van der Waals surface area (Å²) in [6.07, 6.45) is -6.25. The summed E-state index contributed by atoms with van der Waals surface area (Å²) in [6, 6.07) is 0. The summed E-state index contributed by atoms with van der Waals surface area (Å²) in [5.74, 6) is 0. The highest BCUT2D eigenvalue weighted by atomic mass is 32.1. The van der Waals surface area contributed by atoms with Gasteiger partial charge in [-0.25, -0.2) is 0 Å². The van der Waals surface area contributed by atoms with E-state index in [4.69, 9.17) is 5.11 Å². The van der Waals surface area contributed by atoms with Crippen molar-refractivity contribution in [2.24, 2.45) is 0 Å². The molecular formula is C5H5F3N2OS. The summed E-state index contributed by atoms with van der Waals surface area (Å²) in [6.45, 7) is 0. The second-order valence-corrected chi connectivity index (χ2v) is 2.72. The van der Waals surface area contributed by atoms with Gasteiger partial charge in [0, 0.05) is 6.42 Å². The van der Waals surface area contributed by atoms with Gasteiger partial charge >= 0.3 is 6.18 Å². The van der Waals surface area contributed by atoms with Gasteiger partial charge in [0.15, 0.2) is 6.10 Å². The molecule has 1 unspecified atom stereocenters. The van der Waals surface area contributed by atoms with Gasteiger partial charge in [-0.3, -0.25) is 0 Å². The SMILES string of the molecule is OC(Cc1cnsn1)C(F)(F)F. The van der Waals surface area contributed by atoms with Crippen LogP contribution in [0.4, 0.5) is 13.2 Å². The molecule has 0 amide bonds. The lowest BCUT2D eigenvalue weighted by atomic mass is 10.2. The summed E-state index contributed by atoms with van der Waals surface area (Å²) in [4.78, 5) is 0. The first kappa shape index (κ1) is 9.40. The molecule has 0 aliphatic rings. The first-order valence-corrected chi connectivity index (χ1v) is 3.74. The fourth-order valence-corrected chi connectivity index (χ4v) is 1.03. The summed E-state index contributed by atoms with van der Waals surface area (Å²) >= 11 is 0.814. The molecule has 7 heteroatoms. The number of hydrogen-bond donors (Lipinski definition) is 1. The third-order valence-corrected chi connectivity index (χ3v) is 1.70. The highest BCUT2D eigenvalue weighted by molar-refractivity contribution is 6.99. The number of aromatic nitrogens is 2. The van der Waals surface area contributed by atoms with Crippen molar-refractivity contribution in [2.75, 3.05) is 0 Å². The molecule has 68 valence electrons. The van der Waals surface area contributed by atoms with Gasteiger partial charge < -0.3 is 5.11 Å². The Morgan fingerprint density at radius 2 is 2.25 bits per heavy atom. The summed E-state index contributed by atoms with van der Waals surface area (Å²) in [5.41, 5.74) is 0.157. The van der Waals surface area contributed by atoms with E-state index in [0.717, 1.165) is 11.7 Å². The van der Waals surface area contributed by atoms with Crippen molar-refractivity contribution < 1.29 is 18.3 Å². The van der Waals surface area contributed by atoms with Crippen LogP contribution in [0.5, 0.6) is 0 Å². The molecule has 1 rings (SSSR count). The summed E-state index contributed by atoms with van der Waals surface area (Å²) in [5, 5.41) is 8.57. The van der Waals surface area contributed by atoms with Crippen LogP contribution in [-0.2, 0) is 6.42 Å². The Labute approximate surface area is 70.2 Å². The highest BCUT2D eigenvalue weighted by Gasteiger charge is 2.38. The molecular weight excluding hydrogens is 193 g/mol. The zero-order valence-electron chi connectivity index (χ0n) is 5.75. The molecule has 0 saturated heterocycles. The molecule has 1 atom stereocenters. The van der Waals surface area contributed by atoms with Crippen LogP contribution in [0.15, 0.2) is 6.20 Å². The van der Waals surface area contributed by atoms with E-state index in [2.05, 4.69) is 8.75 Å². The van der Waals surface area contributed by atoms with Crippen LogP contribution in [0.3, 0.4) is 0 Å². The maximum absolute atomic E-state index is 11.7. The van der Waals surface area contributed by atoms with Crippen LogP contribution in [0.25, 0.3) is 0 Å². The van der Waals surface area contributed by atoms with Gasteiger partial charge in [-0.05, 0) is 0 Å². The van der Waals surface area contributed by atoms with Gasteiger partial charge in [0.25, 0.3) is 0 Å². The fraction of sp³-hybridized carbons (Fsp3) is 0.600. The number of alkyl halides is 3. The lowest BCUT2D eigenvalue weighted by Gasteiger charge is -2.12. The first-order valence-electron chi connectivity index (χ1n) is 3.01. The normalized spacial score (nSPS) is 14.7. The highest BCUT2D eigenvalue weighted by Crippen LogP contribution is 2.22. The van der Waals surface area contributed by atoms with Gasteiger partial charge in [0.2, 0.25) is 0 Å². The maximum Gasteiger partial charge on any atom is 0.414 e. The summed E-state index contributed by atoms with van der Waals surface area (Å²) < 4.78 is 42.3. The average molecular weight is 198 g/mol. The molecule has 0 aromatic carbocycles. The molecule has 12 heavy (non-hydrogen) atoms. The van der Waals surface area contributed by atoms with E-state index in [1.54, 1.807) is 0 Å². The van der Waals surface area contributed by atoms with E-state index in [9.17, 15) is 13.2 Å². The molecule has 3 nitrogen and oxygen atoms in total. The second-order valence-electron chi connectivity index (χ2n) is 2.16. The Balaban J connectivity index is 2.53. The van der Waals surface area contributed by atoms with Crippen molar-refractivity contribution in [2.45, 2.75) is 18.7 Å². The third kappa shape index (κ3) is 2.42. The number of rotatable bonds is 2. The lowest BCUT2D eigenvalue weighted by molar-refractivity contribution is -0.203. The van der Waals surface area contributed by atoms with Crippen molar-refractivity contribution >= 4 is 11.7 Å². The van der Waals surface area contributed by atoms with Crippen LogP contribution < -0.4 is 0 Å². The van der Waals surface area contributed by atoms with Crippen molar-refractivity contribution in [3.63, 3.8) is 0 Å². The van der Waals surface area contributed by atoms with Gasteiger partial charge in [-0.2, -0.15) is 21.9 Å². The molecule has 1 heterocycles. The third-order valence-electron chi connectivity index (χ3n) is 1.19. The largest absolute Gasteiger partial charge is 0.414 e. The van der Waals surface area contributed by atoms with Crippen molar-refractivity contribution in [3.8, 4) is 0 Å². The van der Waals surface area contributed by atoms with Crippen molar-refractivity contribution in [3.05, 3.63) is 11.9 Å². The average Bonchev–Trinajstić information content (AvgIpc) is 2.37. The number of halogens is 3. The van der Waals surface area contributed by atoms with Crippen LogP contribution in [0.2, 0.25) is 0 Å².